The van der Waals surface area contributed by atoms with Gasteiger partial charge in [0.25, 0.3) is 0 Å². The van der Waals surface area contributed by atoms with Crippen LogP contribution in [0.15, 0.2) is 132 Å². The molecule has 6 aromatic rings. The number of nitrogens with zero attached hydrogens (tertiary/aromatic N) is 8. The fraction of sp³-hybridized carbons (Fsp3) is 0.235. The van der Waals surface area contributed by atoms with Gasteiger partial charge in [-0.15, -0.1) is 0 Å². The van der Waals surface area contributed by atoms with Gasteiger partial charge in [-0.1, -0.05) is 60.7 Å². The Labute approximate surface area is 365 Å². The molecule has 2 aromatic heterocycles. The summed E-state index contributed by atoms with van der Waals surface area (Å²) < 4.78 is 13.4. The SMILES string of the molecule is [C-]#[N+]c1cccc(-c2ccc3c(c2)C(=NC#N)CC2(CCCc4ncccc42)O3)c1.[C-]#[N+]c1cccc(-c2ccc3c(c2)C2(CC4(CCCc5ncccc54)O3)N=C(N)N(C)O2)c1. The van der Waals surface area contributed by atoms with Crippen LogP contribution in [-0.2, 0) is 34.6 Å². The molecular formula is C51H41N9O3. The summed E-state index contributed by atoms with van der Waals surface area (Å²) in [7, 11) is 1.77. The Hall–Kier alpha value is -7.85. The van der Waals surface area contributed by atoms with E-state index < -0.39 is 16.9 Å². The third kappa shape index (κ3) is 6.89. The van der Waals surface area contributed by atoms with Crippen LogP contribution in [0.2, 0.25) is 0 Å². The monoisotopic (exact) mass is 827 g/mol. The van der Waals surface area contributed by atoms with Crippen molar-refractivity contribution in [1.82, 2.24) is 15.0 Å². The van der Waals surface area contributed by atoms with Crippen LogP contribution in [-0.4, -0.2) is 33.8 Å². The van der Waals surface area contributed by atoms with Gasteiger partial charge in [-0.25, -0.2) is 24.6 Å². The molecule has 12 nitrogen and oxygen atoms in total. The largest absolute Gasteiger partial charge is 0.482 e. The summed E-state index contributed by atoms with van der Waals surface area (Å²) in [6.07, 6.45) is 12.2. The van der Waals surface area contributed by atoms with E-state index in [9.17, 15) is 5.26 Å². The zero-order valence-corrected chi connectivity index (χ0v) is 34.6. The highest BCUT2D eigenvalue weighted by Crippen LogP contribution is 2.56. The predicted molar refractivity (Wildman–Crippen MR) is 239 cm³/mol. The van der Waals surface area contributed by atoms with Gasteiger partial charge >= 0.3 is 0 Å². The second-order valence-corrected chi connectivity index (χ2v) is 16.5. The molecule has 0 amide bonds. The summed E-state index contributed by atoms with van der Waals surface area (Å²) in [5.74, 6) is 1.80. The highest BCUT2D eigenvalue weighted by atomic mass is 16.7. The number of aromatic nitrogens is 2. The molecule has 0 saturated heterocycles. The first kappa shape index (κ1) is 39.3. The van der Waals surface area contributed by atoms with Crippen molar-refractivity contribution in [3.63, 3.8) is 0 Å². The van der Waals surface area contributed by atoms with Crippen molar-refractivity contribution in [2.45, 2.75) is 68.3 Å². The molecule has 63 heavy (non-hydrogen) atoms. The van der Waals surface area contributed by atoms with Crippen molar-refractivity contribution in [3.8, 4) is 39.9 Å². The third-order valence-corrected chi connectivity index (χ3v) is 12.7. The van der Waals surface area contributed by atoms with Gasteiger partial charge in [0.2, 0.25) is 17.9 Å². The van der Waals surface area contributed by atoms with E-state index in [1.807, 2.05) is 104 Å². The standard InChI is InChI=1S/C26H23N5O2.C25H18N4O/c1-28-19-7-3-6-17(14-19)18-10-11-23-21(15-18)26(30-24(27)31(2)33-26)16-25(32-23)12-4-9-22-20(25)8-5-13-29-22;1-27-19-6-2-5-17(13-19)18-9-10-24-20(14-18)23(29-16-26)15-25(30-24)11-3-8-22-21(25)7-4-12-28-22/h3,5-8,10-11,13-15H,4,9,12,16H2,2H3,(H2,27,30);2,4-7,9-10,12-14H,3,8,11,15H2. The van der Waals surface area contributed by atoms with E-state index in [1.165, 1.54) is 5.06 Å². The van der Waals surface area contributed by atoms with E-state index in [4.69, 9.17) is 38.2 Å². The van der Waals surface area contributed by atoms with Crippen LogP contribution in [0, 0.1) is 24.6 Å². The molecule has 0 radical (unpaired) electrons. The number of hydrogen-bond donors (Lipinski definition) is 1. The lowest BCUT2D eigenvalue weighted by Crippen LogP contribution is -2.48. The molecule has 308 valence electrons. The second-order valence-electron chi connectivity index (χ2n) is 16.5. The normalized spacial score (nSPS) is 23.0. The van der Waals surface area contributed by atoms with Crippen LogP contribution in [0.5, 0.6) is 11.5 Å². The number of benzene rings is 4. The topological polar surface area (TPSA) is 140 Å². The van der Waals surface area contributed by atoms with Crippen molar-refractivity contribution in [2.24, 2.45) is 15.7 Å². The number of hydrogen-bond acceptors (Lipinski definition) is 10. The van der Waals surface area contributed by atoms with E-state index in [1.54, 1.807) is 19.2 Å². The molecule has 0 fully saturated rings. The van der Waals surface area contributed by atoms with Crippen molar-refractivity contribution >= 4 is 23.0 Å². The van der Waals surface area contributed by atoms with E-state index in [-0.39, 0.29) is 0 Å². The molecule has 3 unspecified atom stereocenters. The molecule has 0 saturated carbocycles. The summed E-state index contributed by atoms with van der Waals surface area (Å²) in [5, 5.41) is 10.9. The zero-order valence-electron chi connectivity index (χ0n) is 34.6. The Balaban J connectivity index is 0.000000150. The lowest BCUT2D eigenvalue weighted by Gasteiger charge is -2.47. The number of fused-ring (bicyclic) bond motifs is 7. The van der Waals surface area contributed by atoms with E-state index in [2.05, 4.69) is 36.8 Å². The number of rotatable bonds is 2. The van der Waals surface area contributed by atoms with Gasteiger partial charge in [0.15, 0.2) is 11.4 Å². The van der Waals surface area contributed by atoms with Crippen LogP contribution >= 0.6 is 0 Å². The van der Waals surface area contributed by atoms with E-state index >= 15 is 0 Å². The summed E-state index contributed by atoms with van der Waals surface area (Å²) in [6.45, 7) is 14.6. The van der Waals surface area contributed by atoms with Crippen LogP contribution in [0.4, 0.5) is 11.4 Å². The van der Waals surface area contributed by atoms with E-state index in [0.717, 1.165) is 112 Å². The Morgan fingerprint density at radius 3 is 1.92 bits per heavy atom. The van der Waals surface area contributed by atoms with Gasteiger partial charge in [-0.2, -0.15) is 10.3 Å². The lowest BCUT2D eigenvalue weighted by atomic mass is 9.73. The molecule has 0 bridgehead atoms. The highest BCUT2D eigenvalue weighted by molar-refractivity contribution is 6.06. The van der Waals surface area contributed by atoms with Gasteiger partial charge in [-0.3, -0.25) is 9.97 Å². The number of hydroxylamine groups is 2. The fourth-order valence-electron chi connectivity index (χ4n) is 9.90. The first-order chi connectivity index (χ1) is 30.7. The molecule has 12 heteroatoms. The Morgan fingerprint density at radius 2 is 1.30 bits per heavy atom. The van der Waals surface area contributed by atoms with Crippen LogP contribution in [0.1, 0.15) is 72.2 Å². The van der Waals surface area contributed by atoms with Crippen molar-refractivity contribution in [1.29, 1.82) is 5.26 Å². The molecule has 5 aliphatic rings. The number of guanidine groups is 1. The van der Waals surface area contributed by atoms with E-state index in [0.29, 0.717) is 30.2 Å². The molecular weight excluding hydrogens is 787 g/mol. The maximum Gasteiger partial charge on any atom is 0.222 e. The quantitative estimate of drug-likeness (QED) is 0.134. The third-order valence-electron chi connectivity index (χ3n) is 12.7. The Bertz CT molecular complexity index is 3020. The first-order valence-electron chi connectivity index (χ1n) is 21.0. The minimum Gasteiger partial charge on any atom is -0.482 e. The molecule has 3 aliphatic heterocycles. The van der Waals surface area contributed by atoms with Gasteiger partial charge in [-0.05, 0) is 109 Å². The fourth-order valence-corrected chi connectivity index (χ4v) is 9.90. The van der Waals surface area contributed by atoms with Gasteiger partial charge in [0.05, 0.1) is 24.4 Å². The molecule has 11 rings (SSSR count). The summed E-state index contributed by atoms with van der Waals surface area (Å²) >= 11 is 0. The van der Waals surface area contributed by atoms with Crippen molar-refractivity contribution < 1.29 is 14.3 Å². The van der Waals surface area contributed by atoms with Crippen LogP contribution in [0.3, 0.4) is 0 Å². The molecule has 3 spiro atoms. The van der Waals surface area contributed by atoms with Gasteiger partial charge < -0.3 is 15.2 Å². The molecule has 2 aliphatic carbocycles. The van der Waals surface area contributed by atoms with Crippen molar-refractivity contribution in [3.05, 3.63) is 178 Å². The minimum absolute atomic E-state index is 0.334. The molecule has 2 N–H and O–H groups in total. The summed E-state index contributed by atoms with van der Waals surface area (Å²) in [6, 6.07) is 35.2. The molecule has 4 aromatic carbocycles. The molecule has 5 heterocycles. The first-order valence-corrected chi connectivity index (χ1v) is 21.0. The van der Waals surface area contributed by atoms with Gasteiger partial charge in [0.1, 0.15) is 22.7 Å². The Kier molecular flexibility index (Phi) is 9.71. The Morgan fingerprint density at radius 1 is 0.714 bits per heavy atom. The maximum absolute atomic E-state index is 9.36. The average molecular weight is 828 g/mol. The molecule has 3 atom stereocenters. The minimum atomic E-state index is -0.996. The number of aryl methyl sites for hydroxylation is 2. The number of pyridine rings is 2. The van der Waals surface area contributed by atoms with Gasteiger partial charge in [0, 0.05) is 60.4 Å². The number of ether oxygens (including phenoxy) is 2. The predicted octanol–water partition coefficient (Wildman–Crippen LogP) is 10.2. The van der Waals surface area contributed by atoms with Crippen LogP contribution < -0.4 is 15.2 Å². The van der Waals surface area contributed by atoms with Crippen molar-refractivity contribution in [2.75, 3.05) is 7.05 Å². The smallest absolute Gasteiger partial charge is 0.222 e. The summed E-state index contributed by atoms with van der Waals surface area (Å²) in [4.78, 5) is 31.7. The van der Waals surface area contributed by atoms with Crippen LogP contribution in [0.25, 0.3) is 31.9 Å². The summed E-state index contributed by atoms with van der Waals surface area (Å²) in [5.41, 5.74) is 15.9. The lowest BCUT2D eigenvalue weighted by molar-refractivity contribution is -0.207. The zero-order chi connectivity index (χ0) is 43.2. The second kappa shape index (κ2) is 15.6. The maximum atomic E-state index is 9.36. The average Bonchev–Trinajstić information content (AvgIpc) is 3.60. The number of nitrogens with two attached hydrogens (primary N) is 1. The number of nitriles is 1. The number of aliphatic imine (C=N–C) groups is 2. The highest BCUT2D eigenvalue weighted by Gasteiger charge is 2.56.